The van der Waals surface area contributed by atoms with Crippen LogP contribution in [0, 0.1) is 5.92 Å². The molecule has 1 aliphatic heterocycles. The molecule has 1 heterocycles. The predicted octanol–water partition coefficient (Wildman–Crippen LogP) is 4.75. The molecule has 0 bridgehead atoms. The molecule has 1 aromatic carbocycles. The predicted molar refractivity (Wildman–Crippen MR) is 100 cm³/mol. The highest BCUT2D eigenvalue weighted by atomic mass is 16.5. The van der Waals surface area contributed by atoms with Gasteiger partial charge in [0.15, 0.2) is 5.78 Å². The van der Waals surface area contributed by atoms with E-state index in [-0.39, 0.29) is 17.2 Å². The Kier molecular flexibility index (Phi) is 6.09. The maximum atomic E-state index is 12.8. The van der Waals surface area contributed by atoms with E-state index in [1.54, 1.807) is 7.11 Å². The minimum absolute atomic E-state index is 0.0728. The van der Waals surface area contributed by atoms with Crippen molar-refractivity contribution in [3.8, 4) is 5.75 Å². The second kappa shape index (κ2) is 7.87. The summed E-state index contributed by atoms with van der Waals surface area (Å²) in [4.78, 5) is 12.8. The van der Waals surface area contributed by atoms with E-state index in [1.165, 1.54) is 5.56 Å². The molecule has 1 atom stereocenters. The van der Waals surface area contributed by atoms with Gasteiger partial charge in [0, 0.05) is 28.8 Å². The molecule has 0 spiro atoms. The standard InChI is InChI=1S/C21H31NO2/c1-6-8-10-15(7-2)18(23)13-17-20-16(14-21(3,4)22-17)11-9-12-19(20)24-5/h9,11-13,15,22H,6-8,10,14H2,1-5H3/b17-13-. The first-order chi connectivity index (χ1) is 11.4. The van der Waals surface area contributed by atoms with E-state index in [0.29, 0.717) is 0 Å². The molecule has 1 aromatic rings. The number of nitrogens with one attached hydrogen (secondary N) is 1. The zero-order chi connectivity index (χ0) is 17.7. The first-order valence-corrected chi connectivity index (χ1v) is 9.11. The molecule has 0 saturated heterocycles. The SMILES string of the molecule is CCCCC(CC)C(=O)/C=C1\NC(C)(C)Cc2cccc(OC)c21. The molecule has 24 heavy (non-hydrogen) atoms. The van der Waals surface area contributed by atoms with E-state index in [9.17, 15) is 4.79 Å². The van der Waals surface area contributed by atoms with Gasteiger partial charge in [-0.1, -0.05) is 38.8 Å². The number of carbonyl (C=O) groups excluding carboxylic acids is 1. The van der Waals surface area contributed by atoms with Crippen molar-refractivity contribution in [3.63, 3.8) is 0 Å². The van der Waals surface area contributed by atoms with Crippen LogP contribution in [0.5, 0.6) is 5.75 Å². The summed E-state index contributed by atoms with van der Waals surface area (Å²) in [5, 5.41) is 3.55. The van der Waals surface area contributed by atoms with Crippen LogP contribution >= 0.6 is 0 Å². The van der Waals surface area contributed by atoms with Gasteiger partial charge in [0.25, 0.3) is 0 Å². The number of ether oxygens (including phenoxy) is 1. The lowest BCUT2D eigenvalue weighted by Crippen LogP contribution is -2.44. The number of hydrogen-bond donors (Lipinski definition) is 1. The number of ketones is 1. The van der Waals surface area contributed by atoms with Crippen molar-refractivity contribution in [2.75, 3.05) is 7.11 Å². The van der Waals surface area contributed by atoms with Crippen LogP contribution in [0.2, 0.25) is 0 Å². The van der Waals surface area contributed by atoms with Crippen molar-refractivity contribution >= 4 is 11.5 Å². The van der Waals surface area contributed by atoms with Gasteiger partial charge in [0.05, 0.1) is 7.11 Å². The Hall–Kier alpha value is -1.77. The lowest BCUT2D eigenvalue weighted by Gasteiger charge is -2.36. The smallest absolute Gasteiger partial charge is 0.160 e. The van der Waals surface area contributed by atoms with E-state index in [4.69, 9.17) is 4.74 Å². The van der Waals surface area contributed by atoms with Crippen molar-refractivity contribution < 1.29 is 9.53 Å². The Bertz CT molecular complexity index is 616. The van der Waals surface area contributed by atoms with Gasteiger partial charge in [-0.3, -0.25) is 4.79 Å². The van der Waals surface area contributed by atoms with Crippen LogP contribution in [-0.4, -0.2) is 18.4 Å². The summed E-state index contributed by atoms with van der Waals surface area (Å²) < 4.78 is 5.55. The molecule has 1 unspecified atom stereocenters. The Labute approximate surface area is 146 Å². The molecular formula is C21H31NO2. The molecule has 1 N–H and O–H groups in total. The van der Waals surface area contributed by atoms with Crippen LogP contribution in [-0.2, 0) is 11.2 Å². The van der Waals surface area contributed by atoms with Crippen LogP contribution < -0.4 is 10.1 Å². The average molecular weight is 329 g/mol. The third-order valence-electron chi connectivity index (χ3n) is 4.80. The number of methoxy groups -OCH3 is 1. The van der Waals surface area contributed by atoms with Crippen molar-refractivity contribution in [2.24, 2.45) is 5.92 Å². The minimum atomic E-state index is -0.0728. The summed E-state index contributed by atoms with van der Waals surface area (Å²) in [6, 6.07) is 6.12. The van der Waals surface area contributed by atoms with Crippen LogP contribution in [0.25, 0.3) is 5.70 Å². The summed E-state index contributed by atoms with van der Waals surface area (Å²) in [7, 11) is 1.69. The Morgan fingerprint density at radius 3 is 2.75 bits per heavy atom. The number of fused-ring (bicyclic) bond motifs is 1. The average Bonchev–Trinajstić information content (AvgIpc) is 2.53. The van der Waals surface area contributed by atoms with Gasteiger partial charge in [-0.15, -0.1) is 0 Å². The number of unbranched alkanes of at least 4 members (excludes halogenated alkanes) is 1. The van der Waals surface area contributed by atoms with Gasteiger partial charge in [0.1, 0.15) is 5.75 Å². The molecule has 0 fully saturated rings. The maximum absolute atomic E-state index is 12.8. The van der Waals surface area contributed by atoms with Crippen LogP contribution in [0.1, 0.15) is 64.5 Å². The van der Waals surface area contributed by atoms with Gasteiger partial charge >= 0.3 is 0 Å². The van der Waals surface area contributed by atoms with Crippen LogP contribution in [0.4, 0.5) is 0 Å². The van der Waals surface area contributed by atoms with Gasteiger partial charge in [0.2, 0.25) is 0 Å². The number of carbonyl (C=O) groups is 1. The highest BCUT2D eigenvalue weighted by molar-refractivity contribution is 5.99. The zero-order valence-electron chi connectivity index (χ0n) is 15.7. The summed E-state index contributed by atoms with van der Waals surface area (Å²) >= 11 is 0. The molecule has 0 amide bonds. The quantitative estimate of drug-likeness (QED) is 0.734. The summed E-state index contributed by atoms with van der Waals surface area (Å²) in [6.07, 6.45) is 6.82. The third kappa shape index (κ3) is 4.19. The van der Waals surface area contributed by atoms with E-state index < -0.39 is 0 Å². The fourth-order valence-electron chi connectivity index (χ4n) is 3.51. The lowest BCUT2D eigenvalue weighted by molar-refractivity contribution is -0.118. The summed E-state index contributed by atoms with van der Waals surface area (Å²) in [5.41, 5.74) is 3.10. The molecule has 132 valence electrons. The van der Waals surface area contributed by atoms with Gasteiger partial charge in [-0.05, 0) is 44.7 Å². The fraction of sp³-hybridized carbons (Fsp3) is 0.571. The summed E-state index contributed by atoms with van der Waals surface area (Å²) in [6.45, 7) is 8.61. The number of rotatable bonds is 7. The first kappa shape index (κ1) is 18.6. The minimum Gasteiger partial charge on any atom is -0.496 e. The van der Waals surface area contributed by atoms with E-state index in [1.807, 2.05) is 18.2 Å². The highest BCUT2D eigenvalue weighted by Gasteiger charge is 2.30. The molecule has 3 heteroatoms. The number of hydrogen-bond acceptors (Lipinski definition) is 3. The zero-order valence-corrected chi connectivity index (χ0v) is 15.7. The van der Waals surface area contributed by atoms with E-state index >= 15 is 0 Å². The second-order valence-electron chi connectivity index (χ2n) is 7.39. The molecule has 1 aliphatic rings. The Morgan fingerprint density at radius 1 is 1.38 bits per heavy atom. The van der Waals surface area contributed by atoms with Gasteiger partial charge in [-0.2, -0.15) is 0 Å². The normalized spacial score (nSPS) is 18.6. The monoisotopic (exact) mass is 329 g/mol. The highest BCUT2D eigenvalue weighted by Crippen LogP contribution is 2.36. The first-order valence-electron chi connectivity index (χ1n) is 9.11. The van der Waals surface area contributed by atoms with Crippen molar-refractivity contribution in [1.29, 1.82) is 0 Å². The molecular weight excluding hydrogens is 298 g/mol. The third-order valence-corrected chi connectivity index (χ3v) is 4.80. The van der Waals surface area contributed by atoms with E-state index in [2.05, 4.69) is 39.1 Å². The Balaban J connectivity index is 2.40. The topological polar surface area (TPSA) is 38.3 Å². The largest absolute Gasteiger partial charge is 0.496 e. The van der Waals surface area contributed by atoms with Crippen LogP contribution in [0.15, 0.2) is 24.3 Å². The maximum Gasteiger partial charge on any atom is 0.160 e. The van der Waals surface area contributed by atoms with Crippen LogP contribution in [0.3, 0.4) is 0 Å². The van der Waals surface area contributed by atoms with Crippen molar-refractivity contribution in [1.82, 2.24) is 5.32 Å². The molecule has 0 aliphatic carbocycles. The molecule has 0 radical (unpaired) electrons. The van der Waals surface area contributed by atoms with Gasteiger partial charge < -0.3 is 10.1 Å². The van der Waals surface area contributed by atoms with Gasteiger partial charge in [-0.25, -0.2) is 0 Å². The summed E-state index contributed by atoms with van der Waals surface area (Å²) in [5.74, 6) is 1.17. The fourth-order valence-corrected chi connectivity index (χ4v) is 3.51. The number of allylic oxidation sites excluding steroid dienone is 1. The van der Waals surface area contributed by atoms with Crippen molar-refractivity contribution in [3.05, 3.63) is 35.4 Å². The molecule has 2 rings (SSSR count). The molecule has 3 nitrogen and oxygen atoms in total. The lowest BCUT2D eigenvalue weighted by atomic mass is 9.84. The molecule has 0 saturated carbocycles. The second-order valence-corrected chi connectivity index (χ2v) is 7.39. The Morgan fingerprint density at radius 2 is 2.12 bits per heavy atom. The van der Waals surface area contributed by atoms with E-state index in [0.717, 1.165) is 49.1 Å². The van der Waals surface area contributed by atoms with Crippen molar-refractivity contribution in [2.45, 2.75) is 65.3 Å². The number of benzene rings is 1. The molecule has 0 aromatic heterocycles.